The molecule has 1 N–H and O–H groups in total. The first-order valence-electron chi connectivity index (χ1n) is 11.0. The van der Waals surface area contributed by atoms with E-state index in [0.717, 1.165) is 36.2 Å². The van der Waals surface area contributed by atoms with Crippen molar-refractivity contribution in [3.05, 3.63) is 17.3 Å². The Balaban J connectivity index is 1.46. The minimum Gasteiger partial charge on any atom is -0.444 e. The normalized spacial score (nSPS) is 25.8. The summed E-state index contributed by atoms with van der Waals surface area (Å²) in [6, 6.07) is 2.18. The highest BCUT2D eigenvalue weighted by Crippen LogP contribution is 2.36. The van der Waals surface area contributed by atoms with Crippen LogP contribution in [0.2, 0.25) is 0 Å². The largest absolute Gasteiger partial charge is 0.495 e. The topological polar surface area (TPSA) is 72.9 Å². The molecule has 2 fully saturated rings. The van der Waals surface area contributed by atoms with Gasteiger partial charge in [0.05, 0.1) is 5.54 Å². The van der Waals surface area contributed by atoms with Crippen LogP contribution in [-0.4, -0.2) is 60.5 Å². The van der Waals surface area contributed by atoms with Crippen LogP contribution in [0.5, 0.6) is 0 Å². The molecule has 0 bridgehead atoms. The van der Waals surface area contributed by atoms with Crippen molar-refractivity contribution in [1.82, 2.24) is 9.88 Å². The molecule has 7 nitrogen and oxygen atoms in total. The van der Waals surface area contributed by atoms with Crippen LogP contribution in [0.25, 0.3) is 0 Å². The number of ether oxygens (including phenoxy) is 1. The van der Waals surface area contributed by atoms with Crippen LogP contribution in [0.3, 0.4) is 0 Å². The van der Waals surface area contributed by atoms with E-state index in [1.807, 2.05) is 32.6 Å². The first kappa shape index (κ1) is 21.4. The smallest absolute Gasteiger partial charge is 0.444 e. The van der Waals surface area contributed by atoms with Gasteiger partial charge in [-0.3, -0.25) is 0 Å². The number of carbonyl (C=O) groups is 1. The van der Waals surface area contributed by atoms with Gasteiger partial charge in [-0.25, -0.2) is 9.78 Å². The maximum Gasteiger partial charge on any atom is 0.495 e. The molecule has 1 amide bonds. The SMILES string of the molecule is Cc1nc2c(cc1B1OCC(C)(C)CO1)CC[C@@]1(CCN(C(=O)OC(C)(C)C)C1)N2. The standard InChI is InChI=1S/C22H34BN3O4/c1-15-17(23-28-13-21(5,6)14-29-23)11-16-7-8-22(25-18(16)24-15)9-10-26(12-22)19(27)30-20(2,3)4/h11H,7-10,12-14H2,1-6H3,(H,24,25)/t22-/m0/s1. The molecule has 4 heterocycles. The van der Waals surface area contributed by atoms with Crippen molar-refractivity contribution >= 4 is 24.5 Å². The van der Waals surface area contributed by atoms with E-state index in [1.165, 1.54) is 5.56 Å². The van der Waals surface area contributed by atoms with Gasteiger partial charge in [-0.1, -0.05) is 19.9 Å². The van der Waals surface area contributed by atoms with Crippen molar-refractivity contribution in [3.63, 3.8) is 0 Å². The molecule has 0 aromatic carbocycles. The van der Waals surface area contributed by atoms with Gasteiger partial charge in [0.25, 0.3) is 0 Å². The number of fused-ring (bicyclic) bond motifs is 1. The monoisotopic (exact) mass is 415 g/mol. The number of aromatic nitrogens is 1. The molecule has 8 heteroatoms. The van der Waals surface area contributed by atoms with Gasteiger partial charge < -0.3 is 24.3 Å². The number of nitrogens with zero attached hydrogens (tertiary/aromatic N) is 2. The van der Waals surface area contributed by atoms with Gasteiger partial charge in [-0.2, -0.15) is 0 Å². The lowest BCUT2D eigenvalue weighted by Crippen LogP contribution is -2.50. The minimum atomic E-state index is -0.479. The Hall–Kier alpha value is -1.80. The number of amides is 1. The summed E-state index contributed by atoms with van der Waals surface area (Å²) in [7, 11) is -0.346. The molecule has 0 unspecified atom stereocenters. The summed E-state index contributed by atoms with van der Waals surface area (Å²) in [5, 5.41) is 3.66. The predicted octanol–water partition coefficient (Wildman–Crippen LogP) is 2.90. The maximum atomic E-state index is 12.5. The van der Waals surface area contributed by atoms with Crippen molar-refractivity contribution in [2.75, 3.05) is 31.6 Å². The molecule has 0 aliphatic carbocycles. The van der Waals surface area contributed by atoms with Gasteiger partial charge in [-0.15, -0.1) is 0 Å². The number of carbonyl (C=O) groups excluding carboxylic acids is 1. The van der Waals surface area contributed by atoms with Gasteiger partial charge in [0.1, 0.15) is 11.4 Å². The Morgan fingerprint density at radius 3 is 2.63 bits per heavy atom. The summed E-state index contributed by atoms with van der Waals surface area (Å²) in [5.74, 6) is 0.921. The molecule has 1 atom stereocenters. The lowest BCUT2D eigenvalue weighted by Gasteiger charge is -2.37. The summed E-state index contributed by atoms with van der Waals surface area (Å²) in [6.07, 6.45) is 2.55. The van der Waals surface area contributed by atoms with Gasteiger partial charge in [0.2, 0.25) is 0 Å². The molecule has 0 saturated carbocycles. The first-order valence-corrected chi connectivity index (χ1v) is 11.0. The molecule has 164 valence electrons. The Kier molecular flexibility index (Phi) is 5.30. The molecule has 30 heavy (non-hydrogen) atoms. The highest BCUT2D eigenvalue weighted by Gasteiger charge is 2.44. The number of nitrogens with one attached hydrogen (secondary N) is 1. The highest BCUT2D eigenvalue weighted by atomic mass is 16.6. The first-order chi connectivity index (χ1) is 14.0. The molecule has 3 aliphatic heterocycles. The zero-order chi connectivity index (χ0) is 21.7. The van der Waals surface area contributed by atoms with E-state index in [-0.39, 0.29) is 24.2 Å². The summed E-state index contributed by atoms with van der Waals surface area (Å²) < 4.78 is 17.5. The summed E-state index contributed by atoms with van der Waals surface area (Å²) in [4.78, 5) is 19.2. The quantitative estimate of drug-likeness (QED) is 0.712. The molecule has 1 spiro atoms. The van der Waals surface area contributed by atoms with E-state index >= 15 is 0 Å². The molecule has 4 rings (SSSR count). The second-order valence-electron chi connectivity index (χ2n) is 10.8. The number of rotatable bonds is 1. The van der Waals surface area contributed by atoms with Crippen LogP contribution in [0, 0.1) is 12.3 Å². The van der Waals surface area contributed by atoms with Crippen LogP contribution in [0.15, 0.2) is 6.07 Å². The van der Waals surface area contributed by atoms with Crippen molar-refractivity contribution in [3.8, 4) is 0 Å². The van der Waals surface area contributed by atoms with Crippen molar-refractivity contribution in [2.45, 2.75) is 71.9 Å². The van der Waals surface area contributed by atoms with E-state index in [4.69, 9.17) is 19.0 Å². The van der Waals surface area contributed by atoms with Crippen molar-refractivity contribution in [1.29, 1.82) is 0 Å². The minimum absolute atomic E-state index is 0.0441. The molecular formula is C22H34BN3O4. The third kappa shape index (κ3) is 4.44. The van der Waals surface area contributed by atoms with E-state index in [9.17, 15) is 4.79 Å². The van der Waals surface area contributed by atoms with E-state index in [1.54, 1.807) is 0 Å². The summed E-state index contributed by atoms with van der Waals surface area (Å²) in [5.41, 5.74) is 2.56. The average molecular weight is 415 g/mol. The predicted molar refractivity (Wildman–Crippen MR) is 117 cm³/mol. The van der Waals surface area contributed by atoms with Crippen LogP contribution in [0.1, 0.15) is 58.7 Å². The molecule has 0 radical (unpaired) electrons. The fourth-order valence-corrected chi connectivity index (χ4v) is 4.42. The third-order valence-electron chi connectivity index (χ3n) is 6.10. The summed E-state index contributed by atoms with van der Waals surface area (Å²) in [6.45, 7) is 14.7. The fourth-order valence-electron chi connectivity index (χ4n) is 4.42. The average Bonchev–Trinajstić information content (AvgIpc) is 3.04. The van der Waals surface area contributed by atoms with Crippen LogP contribution < -0.4 is 10.8 Å². The fraction of sp³-hybridized carbons (Fsp3) is 0.727. The number of hydrogen-bond acceptors (Lipinski definition) is 6. The van der Waals surface area contributed by atoms with E-state index < -0.39 is 5.60 Å². The Bertz CT molecular complexity index is 828. The van der Waals surface area contributed by atoms with Gasteiger partial charge in [0.15, 0.2) is 0 Å². The van der Waals surface area contributed by atoms with Crippen LogP contribution >= 0.6 is 0 Å². The second-order valence-corrected chi connectivity index (χ2v) is 10.8. The second kappa shape index (κ2) is 7.41. The number of hydrogen-bond donors (Lipinski definition) is 1. The molecule has 3 aliphatic rings. The summed E-state index contributed by atoms with van der Waals surface area (Å²) >= 11 is 0. The molecular weight excluding hydrogens is 381 g/mol. The van der Waals surface area contributed by atoms with Gasteiger partial charge >= 0.3 is 13.2 Å². The lowest BCUT2D eigenvalue weighted by molar-refractivity contribution is 0.0285. The van der Waals surface area contributed by atoms with Crippen LogP contribution in [-0.2, 0) is 20.5 Å². The Morgan fingerprint density at radius 2 is 1.97 bits per heavy atom. The maximum absolute atomic E-state index is 12.5. The third-order valence-corrected chi connectivity index (χ3v) is 6.10. The Labute approximate surface area is 180 Å². The van der Waals surface area contributed by atoms with Crippen LogP contribution in [0.4, 0.5) is 10.6 Å². The van der Waals surface area contributed by atoms with E-state index in [0.29, 0.717) is 26.3 Å². The van der Waals surface area contributed by atoms with Crippen molar-refractivity contribution in [2.24, 2.45) is 5.41 Å². The lowest BCUT2D eigenvalue weighted by atomic mass is 9.73. The number of likely N-dealkylation sites (tertiary alicyclic amines) is 1. The van der Waals surface area contributed by atoms with Crippen molar-refractivity contribution < 1.29 is 18.8 Å². The molecule has 1 aromatic rings. The molecule has 2 saturated heterocycles. The number of aryl methyl sites for hydroxylation is 2. The molecule has 1 aromatic heterocycles. The number of pyridine rings is 1. The Morgan fingerprint density at radius 1 is 1.27 bits per heavy atom. The van der Waals surface area contributed by atoms with Gasteiger partial charge in [-0.05, 0) is 52.5 Å². The highest BCUT2D eigenvalue weighted by molar-refractivity contribution is 6.62. The van der Waals surface area contributed by atoms with Gasteiger partial charge in [0, 0.05) is 42.9 Å². The number of anilines is 1. The zero-order valence-corrected chi connectivity index (χ0v) is 19.1. The zero-order valence-electron chi connectivity index (χ0n) is 19.1. The van der Waals surface area contributed by atoms with E-state index in [2.05, 4.69) is 25.2 Å².